The second-order valence-corrected chi connectivity index (χ2v) is 5.30. The summed E-state index contributed by atoms with van der Waals surface area (Å²) in [5, 5.41) is 8.75. The van der Waals surface area contributed by atoms with Crippen molar-refractivity contribution >= 4 is 44.7 Å². The number of hydrogen-bond donors (Lipinski definition) is 1. The summed E-state index contributed by atoms with van der Waals surface area (Å²) in [6.07, 6.45) is 3.14. The molecule has 52 valence electrons. The van der Waals surface area contributed by atoms with Crippen molar-refractivity contribution in [1.82, 2.24) is 0 Å². The summed E-state index contributed by atoms with van der Waals surface area (Å²) in [4.78, 5) is 3.68. The van der Waals surface area contributed by atoms with Gasteiger partial charge in [-0.3, -0.25) is 0 Å². The highest BCUT2D eigenvalue weighted by atomic mass is 127. The third kappa shape index (κ3) is 6.30. The summed E-state index contributed by atoms with van der Waals surface area (Å²) >= 11 is 5.35. The number of aliphatic hydroxyl groups is 1. The lowest BCUT2D eigenvalue weighted by molar-refractivity contribution is 0.406. The molecular formula is C5H7BrINO. The molecule has 0 spiro atoms. The molecule has 1 N–H and O–H groups in total. The summed E-state index contributed by atoms with van der Waals surface area (Å²) in [5.41, 5.74) is 0. The number of allylic oxidation sites excluding steroid dienone is 1. The first-order valence-electron chi connectivity index (χ1n) is 2.34. The van der Waals surface area contributed by atoms with Gasteiger partial charge in [0.15, 0.2) is 0 Å². The van der Waals surface area contributed by atoms with Gasteiger partial charge in [0, 0.05) is 6.21 Å². The molecule has 0 heterocycles. The Morgan fingerprint density at radius 3 is 2.78 bits per heavy atom. The van der Waals surface area contributed by atoms with Crippen LogP contribution in [-0.2, 0) is 0 Å². The van der Waals surface area contributed by atoms with E-state index in [0.717, 1.165) is 0 Å². The Hall–Kier alpha value is 0.420. The first-order valence-corrected chi connectivity index (χ1v) is 4.50. The number of rotatable bonds is 2. The quantitative estimate of drug-likeness (QED) is 0.362. The highest BCUT2D eigenvalue weighted by Gasteiger charge is 1.88. The molecule has 2 nitrogen and oxygen atoms in total. The van der Waals surface area contributed by atoms with E-state index in [9.17, 15) is 0 Å². The zero-order valence-electron chi connectivity index (χ0n) is 4.88. The summed E-state index contributed by atoms with van der Waals surface area (Å²) in [6, 6.07) is 0. The molecule has 0 aromatic rings. The van der Waals surface area contributed by atoms with E-state index < -0.39 is 0 Å². The molecule has 0 saturated heterocycles. The van der Waals surface area contributed by atoms with E-state index in [4.69, 9.17) is 5.11 Å². The Morgan fingerprint density at radius 2 is 2.44 bits per heavy atom. The molecule has 0 aliphatic carbocycles. The monoisotopic (exact) mass is 303 g/mol. The molecule has 0 fully saturated rings. The predicted molar refractivity (Wildman–Crippen MR) is 51.6 cm³/mol. The van der Waals surface area contributed by atoms with Crippen LogP contribution in [0.4, 0.5) is 0 Å². The van der Waals surface area contributed by atoms with Gasteiger partial charge in [-0.05, 0) is 13.0 Å². The summed E-state index contributed by atoms with van der Waals surface area (Å²) in [7, 11) is 0. The molecule has 0 aliphatic rings. The van der Waals surface area contributed by atoms with E-state index in [0.29, 0.717) is 0 Å². The molecule has 0 radical (unpaired) electrons. The number of nitrogens with zero attached hydrogens (tertiary/aromatic N) is 1. The van der Waals surface area contributed by atoms with Crippen molar-refractivity contribution in [3.05, 3.63) is 12.0 Å². The second kappa shape index (κ2) is 5.22. The van der Waals surface area contributed by atoms with Crippen LogP contribution in [0, 0.1) is 0 Å². The van der Waals surface area contributed by atoms with Gasteiger partial charge in [0.25, 0.3) is 0 Å². The van der Waals surface area contributed by atoms with Crippen LogP contribution in [-0.4, -0.2) is 14.2 Å². The molecule has 0 aromatic carbocycles. The van der Waals surface area contributed by atoms with Crippen LogP contribution in [0.2, 0.25) is 0 Å². The molecule has 1 atom stereocenters. The average molecular weight is 304 g/mol. The molecule has 0 bridgehead atoms. The maximum absolute atomic E-state index is 8.75. The minimum Gasteiger partial charge on any atom is -0.494 e. The van der Waals surface area contributed by atoms with Crippen LogP contribution >= 0.6 is 38.5 Å². The SMILES string of the molecule is C/C=C(/O)N=CC(Br)I. The number of aliphatic imine (C=N–C) groups is 1. The lowest BCUT2D eigenvalue weighted by atomic mass is 10.6. The first-order chi connectivity index (χ1) is 4.16. The topological polar surface area (TPSA) is 32.6 Å². The highest BCUT2D eigenvalue weighted by Crippen LogP contribution is 2.05. The zero-order chi connectivity index (χ0) is 7.28. The fourth-order valence-electron chi connectivity index (χ4n) is 0.207. The standard InChI is InChI=1S/C5H7BrINO/c1-2-5(9)8-3-4(6)7/h2-4,9H,1H3/b5-2+,8-3?. The van der Waals surface area contributed by atoms with Crippen molar-refractivity contribution in [3.63, 3.8) is 0 Å². The van der Waals surface area contributed by atoms with Crippen molar-refractivity contribution in [2.45, 2.75) is 9.76 Å². The minimum atomic E-state index is 0.0520. The number of alkyl halides is 2. The Bertz CT molecular complexity index is 133. The van der Waals surface area contributed by atoms with E-state index in [-0.39, 0.29) is 8.72 Å². The Balaban J connectivity index is 3.71. The molecule has 0 aromatic heterocycles. The smallest absolute Gasteiger partial charge is 0.205 e. The van der Waals surface area contributed by atoms with Crippen LogP contribution in [0.3, 0.4) is 0 Å². The van der Waals surface area contributed by atoms with Crippen molar-refractivity contribution < 1.29 is 5.11 Å². The molecular weight excluding hydrogens is 297 g/mol. The van der Waals surface area contributed by atoms with Crippen molar-refractivity contribution in [3.8, 4) is 0 Å². The fourth-order valence-corrected chi connectivity index (χ4v) is 0.486. The highest BCUT2D eigenvalue weighted by molar-refractivity contribution is 14.1. The van der Waals surface area contributed by atoms with Crippen molar-refractivity contribution in [2.24, 2.45) is 4.99 Å². The Morgan fingerprint density at radius 1 is 1.89 bits per heavy atom. The third-order valence-electron chi connectivity index (χ3n) is 0.578. The molecule has 4 heteroatoms. The second-order valence-electron chi connectivity index (χ2n) is 1.26. The van der Waals surface area contributed by atoms with Crippen LogP contribution in [0.5, 0.6) is 0 Å². The summed E-state index contributed by atoms with van der Waals surface area (Å²) in [5.74, 6) is 0.0520. The van der Waals surface area contributed by atoms with Gasteiger partial charge in [-0.2, -0.15) is 0 Å². The maximum atomic E-state index is 8.75. The number of halogens is 2. The molecule has 9 heavy (non-hydrogen) atoms. The third-order valence-corrected chi connectivity index (χ3v) is 1.14. The van der Waals surface area contributed by atoms with Crippen LogP contribution in [0.15, 0.2) is 17.0 Å². The zero-order valence-corrected chi connectivity index (χ0v) is 8.63. The van der Waals surface area contributed by atoms with Gasteiger partial charge < -0.3 is 5.11 Å². The van der Waals surface area contributed by atoms with Gasteiger partial charge in [-0.25, -0.2) is 4.99 Å². The van der Waals surface area contributed by atoms with Gasteiger partial charge in [0.1, 0.15) is 2.83 Å². The average Bonchev–Trinajstić information content (AvgIpc) is 1.83. The van der Waals surface area contributed by atoms with Crippen molar-refractivity contribution in [1.29, 1.82) is 0 Å². The lowest BCUT2D eigenvalue weighted by Crippen LogP contribution is -1.85. The normalized spacial score (nSPS) is 16.6. The summed E-state index contributed by atoms with van der Waals surface area (Å²) in [6.45, 7) is 1.73. The van der Waals surface area contributed by atoms with E-state index >= 15 is 0 Å². The van der Waals surface area contributed by atoms with Gasteiger partial charge in [0.05, 0.1) is 0 Å². The predicted octanol–water partition coefficient (Wildman–Crippen LogP) is 2.63. The van der Waals surface area contributed by atoms with E-state index in [1.807, 2.05) is 0 Å². The van der Waals surface area contributed by atoms with E-state index in [1.54, 1.807) is 13.1 Å². The molecule has 1 unspecified atom stereocenters. The van der Waals surface area contributed by atoms with Crippen LogP contribution < -0.4 is 0 Å². The minimum absolute atomic E-state index is 0.0520. The molecule has 0 rings (SSSR count). The van der Waals surface area contributed by atoms with E-state index in [2.05, 4.69) is 43.5 Å². The van der Waals surface area contributed by atoms with Crippen molar-refractivity contribution in [2.75, 3.05) is 0 Å². The van der Waals surface area contributed by atoms with Crippen LogP contribution in [0.25, 0.3) is 0 Å². The Labute approximate surface area is 76.3 Å². The summed E-state index contributed by atoms with van der Waals surface area (Å²) < 4.78 is 0.178. The lowest BCUT2D eigenvalue weighted by Gasteiger charge is -1.88. The molecule has 0 amide bonds. The number of aliphatic hydroxyl groups excluding tert-OH is 1. The molecule has 0 saturated carbocycles. The fraction of sp³-hybridized carbons (Fsp3) is 0.400. The van der Waals surface area contributed by atoms with Gasteiger partial charge in [-0.1, -0.05) is 38.5 Å². The first kappa shape index (κ1) is 9.42. The Kier molecular flexibility index (Phi) is 5.47. The van der Waals surface area contributed by atoms with Gasteiger partial charge in [-0.15, -0.1) is 0 Å². The maximum Gasteiger partial charge on any atom is 0.205 e. The van der Waals surface area contributed by atoms with E-state index in [1.165, 1.54) is 6.08 Å². The molecule has 0 aliphatic heterocycles. The number of hydrogen-bond acceptors (Lipinski definition) is 2. The van der Waals surface area contributed by atoms with Crippen LogP contribution in [0.1, 0.15) is 6.92 Å². The van der Waals surface area contributed by atoms with Gasteiger partial charge in [0.2, 0.25) is 5.88 Å². The van der Waals surface area contributed by atoms with Gasteiger partial charge >= 0.3 is 0 Å². The largest absolute Gasteiger partial charge is 0.494 e.